The van der Waals surface area contributed by atoms with Gasteiger partial charge < -0.3 is 9.72 Å². The van der Waals surface area contributed by atoms with Crippen LogP contribution in [0.4, 0.5) is 9.18 Å². The van der Waals surface area contributed by atoms with Gasteiger partial charge in [0.2, 0.25) is 0 Å². The molecule has 2 aromatic rings. The predicted octanol–water partition coefficient (Wildman–Crippen LogP) is 4.54. The number of hydrogen-bond donors (Lipinski definition) is 1. The van der Waals surface area contributed by atoms with Gasteiger partial charge in [-0.2, -0.15) is 0 Å². The van der Waals surface area contributed by atoms with E-state index >= 15 is 0 Å². The molecule has 1 saturated heterocycles. The van der Waals surface area contributed by atoms with E-state index in [9.17, 15) is 9.18 Å². The van der Waals surface area contributed by atoms with Crippen LogP contribution in [0, 0.1) is 5.82 Å². The number of benzene rings is 1. The third kappa shape index (κ3) is 3.34. The number of likely N-dealkylation sites (tertiary alicyclic amines) is 1. The molecule has 0 aliphatic carbocycles. The summed E-state index contributed by atoms with van der Waals surface area (Å²) in [5, 5.41) is 0. The van der Waals surface area contributed by atoms with Crippen molar-refractivity contribution in [2.45, 2.75) is 45.3 Å². The number of nitrogens with zero attached hydrogens (tertiary/aromatic N) is 2. The minimum atomic E-state index is -0.536. The van der Waals surface area contributed by atoms with Crippen molar-refractivity contribution >= 4 is 33.1 Å². The standard InChI is InChI=1S/C16H19BrFN3O2/c1-16(2,3)23-15(22)21-6-4-5-13(21)14-19-11-7-9(17)10(18)8-12(11)20-14/h7-8,13H,4-6H2,1-3H3,(H,19,20)/t13-/m0/s1. The summed E-state index contributed by atoms with van der Waals surface area (Å²) in [4.78, 5) is 21.7. The van der Waals surface area contributed by atoms with E-state index in [1.807, 2.05) is 20.8 Å². The molecule has 5 nitrogen and oxygen atoms in total. The van der Waals surface area contributed by atoms with Crippen LogP contribution < -0.4 is 0 Å². The molecule has 1 amide bonds. The fourth-order valence-electron chi connectivity index (χ4n) is 2.77. The number of nitrogens with one attached hydrogen (secondary N) is 1. The van der Waals surface area contributed by atoms with Crippen molar-refractivity contribution in [3.8, 4) is 0 Å². The van der Waals surface area contributed by atoms with Crippen LogP contribution in [-0.2, 0) is 4.74 Å². The SMILES string of the molecule is CC(C)(C)OC(=O)N1CCC[C@H]1c1nc2cc(F)c(Br)cc2[nH]1. The fraction of sp³-hybridized carbons (Fsp3) is 0.500. The summed E-state index contributed by atoms with van der Waals surface area (Å²) in [6.45, 7) is 6.17. The van der Waals surface area contributed by atoms with Crippen LogP contribution in [0.25, 0.3) is 11.0 Å². The fourth-order valence-corrected chi connectivity index (χ4v) is 3.12. The van der Waals surface area contributed by atoms with Gasteiger partial charge in [0, 0.05) is 12.6 Å². The number of carbonyl (C=O) groups is 1. The number of aromatic amines is 1. The number of aromatic nitrogens is 2. The summed E-state index contributed by atoms with van der Waals surface area (Å²) in [6, 6.07) is 2.87. The molecule has 1 aliphatic heterocycles. The van der Waals surface area contributed by atoms with Crippen molar-refractivity contribution in [1.29, 1.82) is 0 Å². The average molecular weight is 384 g/mol. The number of ether oxygens (including phenoxy) is 1. The van der Waals surface area contributed by atoms with Crippen molar-refractivity contribution in [3.05, 3.63) is 28.2 Å². The lowest BCUT2D eigenvalue weighted by atomic mass is 10.2. The van der Waals surface area contributed by atoms with Crippen LogP contribution in [0.1, 0.15) is 45.5 Å². The van der Waals surface area contributed by atoms with Crippen LogP contribution in [0.3, 0.4) is 0 Å². The first-order valence-corrected chi connectivity index (χ1v) is 8.38. The molecule has 0 spiro atoms. The molecule has 1 aromatic carbocycles. The highest BCUT2D eigenvalue weighted by molar-refractivity contribution is 9.10. The van der Waals surface area contributed by atoms with Gasteiger partial charge in [-0.25, -0.2) is 14.2 Å². The highest BCUT2D eigenvalue weighted by atomic mass is 79.9. The quantitative estimate of drug-likeness (QED) is 0.786. The number of carbonyl (C=O) groups excluding carboxylic acids is 1. The Labute approximate surface area is 142 Å². The zero-order valence-corrected chi connectivity index (χ0v) is 14.9. The van der Waals surface area contributed by atoms with E-state index in [4.69, 9.17) is 4.74 Å². The lowest BCUT2D eigenvalue weighted by Gasteiger charge is -2.27. The van der Waals surface area contributed by atoms with Crippen molar-refractivity contribution in [1.82, 2.24) is 14.9 Å². The zero-order valence-electron chi connectivity index (χ0n) is 13.3. The molecule has 1 fully saturated rings. The van der Waals surface area contributed by atoms with Gasteiger partial charge in [0.25, 0.3) is 0 Å². The van der Waals surface area contributed by atoms with E-state index in [-0.39, 0.29) is 18.0 Å². The molecule has 1 N–H and O–H groups in total. The molecular weight excluding hydrogens is 365 g/mol. The second-order valence-electron chi connectivity index (χ2n) is 6.74. The van der Waals surface area contributed by atoms with Gasteiger partial charge >= 0.3 is 6.09 Å². The van der Waals surface area contributed by atoms with Gasteiger partial charge in [-0.05, 0) is 55.6 Å². The smallest absolute Gasteiger partial charge is 0.410 e. The summed E-state index contributed by atoms with van der Waals surface area (Å²) in [5.41, 5.74) is 0.757. The molecule has 23 heavy (non-hydrogen) atoms. The van der Waals surface area contributed by atoms with Crippen LogP contribution in [-0.4, -0.2) is 33.1 Å². The first-order chi connectivity index (χ1) is 10.7. The number of halogens is 2. The molecule has 1 aromatic heterocycles. The normalized spacial score (nSPS) is 18.7. The maximum atomic E-state index is 13.6. The van der Waals surface area contributed by atoms with Crippen LogP contribution >= 0.6 is 15.9 Å². The Hall–Kier alpha value is -1.63. The van der Waals surface area contributed by atoms with Crippen LogP contribution in [0.5, 0.6) is 0 Å². The monoisotopic (exact) mass is 383 g/mol. The Morgan fingerprint density at radius 3 is 2.91 bits per heavy atom. The van der Waals surface area contributed by atoms with E-state index in [0.29, 0.717) is 22.4 Å². The Morgan fingerprint density at radius 1 is 1.48 bits per heavy atom. The first kappa shape index (κ1) is 16.2. The highest BCUT2D eigenvalue weighted by Gasteiger charge is 2.34. The second-order valence-corrected chi connectivity index (χ2v) is 7.59. The summed E-state index contributed by atoms with van der Waals surface area (Å²) in [6.07, 6.45) is 1.36. The van der Waals surface area contributed by atoms with E-state index in [2.05, 4.69) is 25.9 Å². The minimum Gasteiger partial charge on any atom is -0.444 e. The Balaban J connectivity index is 1.89. The summed E-state index contributed by atoms with van der Waals surface area (Å²) < 4.78 is 19.5. The molecule has 7 heteroatoms. The maximum absolute atomic E-state index is 13.6. The van der Waals surface area contributed by atoms with Gasteiger partial charge in [-0.1, -0.05) is 0 Å². The predicted molar refractivity (Wildman–Crippen MR) is 88.7 cm³/mol. The molecule has 1 atom stereocenters. The number of rotatable bonds is 1. The van der Waals surface area contributed by atoms with E-state index in [1.165, 1.54) is 6.07 Å². The number of imidazole rings is 1. The molecule has 0 radical (unpaired) electrons. The highest BCUT2D eigenvalue weighted by Crippen LogP contribution is 2.33. The van der Waals surface area contributed by atoms with Crippen molar-refractivity contribution in [2.24, 2.45) is 0 Å². The largest absolute Gasteiger partial charge is 0.444 e. The Morgan fingerprint density at radius 2 is 2.22 bits per heavy atom. The first-order valence-electron chi connectivity index (χ1n) is 7.59. The third-order valence-corrected chi connectivity index (χ3v) is 4.35. The second kappa shape index (κ2) is 5.78. The van der Waals surface area contributed by atoms with E-state index < -0.39 is 5.60 Å². The van der Waals surface area contributed by atoms with Gasteiger partial charge in [-0.15, -0.1) is 0 Å². The van der Waals surface area contributed by atoms with Crippen LogP contribution in [0.2, 0.25) is 0 Å². The van der Waals surface area contributed by atoms with Gasteiger partial charge in [0.15, 0.2) is 0 Å². The molecule has 2 heterocycles. The van der Waals surface area contributed by atoms with Crippen molar-refractivity contribution in [3.63, 3.8) is 0 Å². The zero-order chi connectivity index (χ0) is 16.8. The van der Waals surface area contributed by atoms with Crippen molar-refractivity contribution in [2.75, 3.05) is 6.54 Å². The Kier molecular flexibility index (Phi) is 4.08. The number of H-pyrrole nitrogens is 1. The van der Waals surface area contributed by atoms with Crippen molar-refractivity contribution < 1.29 is 13.9 Å². The van der Waals surface area contributed by atoms with E-state index in [0.717, 1.165) is 18.4 Å². The number of fused-ring (bicyclic) bond motifs is 1. The molecule has 0 unspecified atom stereocenters. The average Bonchev–Trinajstić information content (AvgIpc) is 3.03. The van der Waals surface area contributed by atoms with Gasteiger partial charge in [-0.3, -0.25) is 4.90 Å². The third-order valence-electron chi connectivity index (χ3n) is 3.74. The molecule has 0 bridgehead atoms. The number of hydrogen-bond acceptors (Lipinski definition) is 3. The van der Waals surface area contributed by atoms with Gasteiger partial charge in [0.1, 0.15) is 17.2 Å². The lowest BCUT2D eigenvalue weighted by Crippen LogP contribution is -2.36. The molecular formula is C16H19BrFN3O2. The van der Waals surface area contributed by atoms with Crippen LogP contribution in [0.15, 0.2) is 16.6 Å². The summed E-state index contributed by atoms with van der Waals surface area (Å²) in [7, 11) is 0. The number of amides is 1. The maximum Gasteiger partial charge on any atom is 0.410 e. The molecule has 3 rings (SSSR count). The summed E-state index contributed by atoms with van der Waals surface area (Å²) >= 11 is 3.17. The Bertz CT molecular complexity index is 715. The van der Waals surface area contributed by atoms with E-state index in [1.54, 1.807) is 11.0 Å². The molecule has 1 aliphatic rings. The minimum absolute atomic E-state index is 0.168. The lowest BCUT2D eigenvalue weighted by molar-refractivity contribution is 0.0219. The topological polar surface area (TPSA) is 58.2 Å². The van der Waals surface area contributed by atoms with Gasteiger partial charge in [0.05, 0.1) is 21.5 Å². The molecule has 0 saturated carbocycles. The molecule has 124 valence electrons. The summed E-state index contributed by atoms with van der Waals surface area (Å²) in [5.74, 6) is 0.312.